The molecule has 1 aliphatic heterocycles. The first-order chi connectivity index (χ1) is 21.2. The number of ether oxygens (including phenoxy) is 2. The Labute approximate surface area is 251 Å². The first-order valence-corrected chi connectivity index (χ1v) is 14.5. The molecule has 0 bridgehead atoms. The number of hydrogen-bond donors (Lipinski definition) is 3. The van der Waals surface area contributed by atoms with E-state index in [1.807, 2.05) is 10.9 Å². The van der Waals surface area contributed by atoms with Crippen LogP contribution >= 0.6 is 0 Å². The van der Waals surface area contributed by atoms with Crippen LogP contribution in [0.5, 0.6) is 11.5 Å². The van der Waals surface area contributed by atoms with E-state index in [9.17, 15) is 23.5 Å². The molecule has 2 aromatic heterocycles. The van der Waals surface area contributed by atoms with Crippen molar-refractivity contribution in [1.29, 1.82) is 0 Å². The van der Waals surface area contributed by atoms with Gasteiger partial charge in [0.05, 0.1) is 25.4 Å². The van der Waals surface area contributed by atoms with Gasteiger partial charge < -0.3 is 25.6 Å². The highest BCUT2D eigenvalue weighted by atomic mass is 19.1. The van der Waals surface area contributed by atoms with E-state index in [2.05, 4.69) is 10.4 Å². The lowest BCUT2D eigenvalue weighted by Crippen LogP contribution is -2.46. The number of halogens is 2. The minimum Gasteiger partial charge on any atom is -0.494 e. The summed E-state index contributed by atoms with van der Waals surface area (Å²) < 4.78 is 41.5. The van der Waals surface area contributed by atoms with Gasteiger partial charge in [-0.25, -0.2) is 13.8 Å². The van der Waals surface area contributed by atoms with E-state index in [1.54, 1.807) is 12.1 Å². The maximum Gasteiger partial charge on any atom is 0.251 e. The number of alkyl halides is 1. The van der Waals surface area contributed by atoms with Gasteiger partial charge in [0.25, 0.3) is 5.91 Å². The number of methoxy groups -OCH3 is 1. The Bertz CT molecular complexity index is 1800. The molecule has 4 aromatic rings. The molecule has 3 aliphatic rings. The molecule has 0 saturated heterocycles. The van der Waals surface area contributed by atoms with Crippen molar-refractivity contribution in [3.8, 4) is 22.8 Å². The molecule has 2 amide bonds. The lowest BCUT2D eigenvalue weighted by atomic mass is 9.80. The largest absolute Gasteiger partial charge is 0.494 e. The number of aliphatic hydroxyl groups is 1. The van der Waals surface area contributed by atoms with Gasteiger partial charge in [0.15, 0.2) is 0 Å². The third kappa shape index (κ3) is 4.55. The summed E-state index contributed by atoms with van der Waals surface area (Å²) in [6.07, 6.45) is 5.34. The molecule has 3 heterocycles. The van der Waals surface area contributed by atoms with Gasteiger partial charge in [0, 0.05) is 28.3 Å². The molecule has 228 valence electrons. The smallest absolute Gasteiger partial charge is 0.251 e. The molecule has 44 heavy (non-hydrogen) atoms. The number of amides is 2. The summed E-state index contributed by atoms with van der Waals surface area (Å²) in [6, 6.07) is 10.6. The second-order valence-corrected chi connectivity index (χ2v) is 11.9. The molecule has 10 nitrogen and oxygen atoms in total. The van der Waals surface area contributed by atoms with Crippen LogP contribution in [0, 0.1) is 11.7 Å². The zero-order chi connectivity index (χ0) is 30.8. The first-order valence-electron chi connectivity index (χ1n) is 14.5. The molecular formula is C32H31F2N5O5. The summed E-state index contributed by atoms with van der Waals surface area (Å²) in [5.41, 5.74) is 4.15. The molecule has 2 aliphatic carbocycles. The average molecular weight is 604 g/mol. The van der Waals surface area contributed by atoms with Gasteiger partial charge in [0.1, 0.15) is 52.8 Å². The molecule has 7 rings (SSSR count). The quantitative estimate of drug-likeness (QED) is 0.251. The topological polar surface area (TPSA) is 142 Å². The Kier molecular flexibility index (Phi) is 6.58. The first kappa shape index (κ1) is 28.2. The maximum atomic E-state index is 14.5. The van der Waals surface area contributed by atoms with Gasteiger partial charge in [-0.15, -0.1) is 0 Å². The Morgan fingerprint density at radius 2 is 1.95 bits per heavy atom. The van der Waals surface area contributed by atoms with Crippen LogP contribution in [0.4, 0.5) is 8.78 Å². The number of fused-ring (bicyclic) bond motifs is 2. The van der Waals surface area contributed by atoms with E-state index in [0.717, 1.165) is 18.2 Å². The normalized spacial score (nSPS) is 20.5. The summed E-state index contributed by atoms with van der Waals surface area (Å²) in [5, 5.41) is 20.4. The third-order valence-corrected chi connectivity index (χ3v) is 8.98. The summed E-state index contributed by atoms with van der Waals surface area (Å²) in [4.78, 5) is 30.8. The van der Waals surface area contributed by atoms with Gasteiger partial charge in [-0.2, -0.15) is 5.10 Å². The van der Waals surface area contributed by atoms with E-state index in [0.29, 0.717) is 41.3 Å². The number of aromatic nitrogens is 3. The standard InChI is InChI=1S/C32H31F2N5O5/c1-43-24-11-18(10-19-13-39(22-8-9-22)38-26(19)24)29(40)36-15-32(42,20-4-5-20)25-12-23-28(44-16-31(23,14-33)30(35)41)27(37-25)17-2-6-21(34)7-3-17/h2-3,6-7,10-13,20,22,42H,4-5,8-9,14-16H2,1H3,(H2,35,41)(H,36,40)/t31-,32?/m1/s1. The summed E-state index contributed by atoms with van der Waals surface area (Å²) in [5.74, 6) is -1.49. The average Bonchev–Trinajstić information content (AvgIpc) is 3.97. The van der Waals surface area contributed by atoms with Crippen LogP contribution in [0.25, 0.3) is 22.2 Å². The number of carbonyl (C=O) groups excluding carboxylic acids is 2. The van der Waals surface area contributed by atoms with Crippen LogP contribution in [-0.4, -0.2) is 58.6 Å². The van der Waals surface area contributed by atoms with Crippen molar-refractivity contribution in [2.75, 3.05) is 26.9 Å². The van der Waals surface area contributed by atoms with E-state index in [4.69, 9.17) is 20.2 Å². The second-order valence-electron chi connectivity index (χ2n) is 11.9. The number of primary amides is 1. The van der Waals surface area contributed by atoms with Crippen LogP contribution in [0.3, 0.4) is 0 Å². The van der Waals surface area contributed by atoms with E-state index in [-0.39, 0.29) is 41.8 Å². The number of nitrogens with two attached hydrogens (primary N) is 1. The molecule has 2 saturated carbocycles. The highest BCUT2D eigenvalue weighted by Crippen LogP contribution is 2.50. The van der Waals surface area contributed by atoms with Crippen molar-refractivity contribution in [3.05, 3.63) is 71.3 Å². The summed E-state index contributed by atoms with van der Waals surface area (Å²) in [6.45, 7) is -1.68. The number of hydrogen-bond acceptors (Lipinski definition) is 7. The van der Waals surface area contributed by atoms with Crippen molar-refractivity contribution in [2.45, 2.75) is 42.7 Å². The van der Waals surface area contributed by atoms with Crippen molar-refractivity contribution in [3.63, 3.8) is 0 Å². The molecule has 0 radical (unpaired) electrons. The zero-order valence-electron chi connectivity index (χ0n) is 24.0. The van der Waals surface area contributed by atoms with Gasteiger partial charge in [-0.3, -0.25) is 14.3 Å². The highest BCUT2D eigenvalue weighted by Gasteiger charge is 2.52. The van der Waals surface area contributed by atoms with Crippen LogP contribution in [0.15, 0.2) is 48.7 Å². The number of nitrogens with zero attached hydrogens (tertiary/aromatic N) is 3. The van der Waals surface area contributed by atoms with E-state index in [1.165, 1.54) is 37.4 Å². The van der Waals surface area contributed by atoms with Crippen molar-refractivity contribution in [1.82, 2.24) is 20.1 Å². The van der Waals surface area contributed by atoms with Crippen LogP contribution in [-0.2, 0) is 15.8 Å². The highest BCUT2D eigenvalue weighted by molar-refractivity contribution is 6.00. The second kappa shape index (κ2) is 10.3. The van der Waals surface area contributed by atoms with E-state index >= 15 is 0 Å². The fraction of sp³-hybridized carbons (Fsp3) is 0.375. The number of carbonyl (C=O) groups is 2. The summed E-state index contributed by atoms with van der Waals surface area (Å²) in [7, 11) is 1.52. The van der Waals surface area contributed by atoms with Crippen LogP contribution in [0.1, 0.15) is 53.3 Å². The molecule has 2 fully saturated rings. The number of pyridine rings is 1. The molecule has 2 atom stereocenters. The Balaban J connectivity index is 1.26. The maximum absolute atomic E-state index is 14.5. The Morgan fingerprint density at radius 3 is 2.59 bits per heavy atom. The number of benzene rings is 2. The van der Waals surface area contributed by atoms with Crippen molar-refractivity contribution in [2.24, 2.45) is 11.7 Å². The molecule has 12 heteroatoms. The Morgan fingerprint density at radius 1 is 1.20 bits per heavy atom. The lowest BCUT2D eigenvalue weighted by Gasteiger charge is -2.30. The van der Waals surface area contributed by atoms with Gasteiger partial charge in [-0.1, -0.05) is 0 Å². The number of rotatable bonds is 10. The predicted molar refractivity (Wildman–Crippen MR) is 155 cm³/mol. The lowest BCUT2D eigenvalue weighted by molar-refractivity contribution is -0.124. The van der Waals surface area contributed by atoms with Crippen molar-refractivity contribution < 1.29 is 33.0 Å². The molecular weight excluding hydrogens is 572 g/mol. The fourth-order valence-corrected chi connectivity index (χ4v) is 5.97. The van der Waals surface area contributed by atoms with Crippen molar-refractivity contribution >= 4 is 22.7 Å². The van der Waals surface area contributed by atoms with Crippen LogP contribution in [0.2, 0.25) is 0 Å². The van der Waals surface area contributed by atoms with Gasteiger partial charge in [-0.05, 0) is 74.1 Å². The third-order valence-electron chi connectivity index (χ3n) is 8.98. The SMILES string of the molecule is COc1cc(C(=O)NCC(O)(c2cc3c(c(-c4ccc(F)cc4)n2)OC[C@@]3(CF)C(N)=O)C2CC2)cc2cn(C3CC3)nc12. The zero-order valence-corrected chi connectivity index (χ0v) is 24.0. The summed E-state index contributed by atoms with van der Waals surface area (Å²) >= 11 is 0. The van der Waals surface area contributed by atoms with E-state index < -0.39 is 35.3 Å². The molecule has 2 aromatic carbocycles. The van der Waals surface area contributed by atoms with Gasteiger partial charge >= 0.3 is 0 Å². The molecule has 1 unspecified atom stereocenters. The number of nitrogens with one attached hydrogen (secondary N) is 1. The molecule has 0 spiro atoms. The minimum absolute atomic E-state index is 0.127. The monoisotopic (exact) mass is 603 g/mol. The minimum atomic E-state index is -1.79. The van der Waals surface area contributed by atoms with Crippen LogP contribution < -0.4 is 20.5 Å². The predicted octanol–water partition coefficient (Wildman–Crippen LogP) is 3.69. The van der Waals surface area contributed by atoms with Gasteiger partial charge in [0.2, 0.25) is 5.91 Å². The fourth-order valence-electron chi connectivity index (χ4n) is 5.97. The molecule has 4 N–H and O–H groups in total. The Hall–Kier alpha value is -4.58.